The summed E-state index contributed by atoms with van der Waals surface area (Å²) in [6.07, 6.45) is 10.2. The SMILES string of the molecule is C1=CB2c3cc4c(cc3-c3ccc(-c5nc(-c6ccccc6)nc(-c6cccc(-c7ccncc7)c6)n5)cc3N2C=C1)C1(c2ccccc2-c2ccccc21)c1ccccc1-4. The number of hydrogen-bond acceptors (Lipinski definition) is 5. The average Bonchev–Trinajstić information content (AvgIpc) is 3.81. The normalized spacial score (nSPS) is 14.2. The summed E-state index contributed by atoms with van der Waals surface area (Å²) in [7, 11) is 0. The third-order valence-electron chi connectivity index (χ3n) is 13.1. The lowest BCUT2D eigenvalue weighted by molar-refractivity contribution is 0.794. The van der Waals surface area contributed by atoms with Gasteiger partial charge in [-0.3, -0.25) is 4.98 Å². The molecule has 0 saturated carbocycles. The molecule has 61 heavy (non-hydrogen) atoms. The first kappa shape index (κ1) is 34.0. The van der Waals surface area contributed by atoms with Gasteiger partial charge in [0.15, 0.2) is 17.5 Å². The van der Waals surface area contributed by atoms with E-state index in [1.165, 1.54) is 61.1 Å². The van der Waals surface area contributed by atoms with Gasteiger partial charge in [-0.25, -0.2) is 15.0 Å². The van der Waals surface area contributed by atoms with Gasteiger partial charge in [0.1, 0.15) is 0 Å². The fraction of sp³-hybridized carbons (Fsp3) is 0.0182. The van der Waals surface area contributed by atoms with Crippen LogP contribution < -0.4 is 10.3 Å². The van der Waals surface area contributed by atoms with E-state index >= 15 is 0 Å². The molecule has 4 heterocycles. The van der Waals surface area contributed by atoms with Crippen LogP contribution >= 0.6 is 0 Å². The predicted octanol–water partition coefficient (Wildman–Crippen LogP) is 11.6. The second kappa shape index (κ2) is 13.0. The summed E-state index contributed by atoms with van der Waals surface area (Å²) in [5, 5.41) is 0. The maximum absolute atomic E-state index is 5.21. The Bertz CT molecular complexity index is 3290. The Labute approximate surface area is 354 Å². The van der Waals surface area contributed by atoms with E-state index in [0.29, 0.717) is 17.5 Å². The summed E-state index contributed by atoms with van der Waals surface area (Å²) in [4.78, 5) is 22.1. The Morgan fingerprint density at radius 2 is 0.984 bits per heavy atom. The lowest BCUT2D eigenvalue weighted by Crippen LogP contribution is -2.49. The quantitative estimate of drug-likeness (QED) is 0.167. The van der Waals surface area contributed by atoms with Crippen LogP contribution in [-0.2, 0) is 5.41 Å². The molecule has 2 aromatic heterocycles. The van der Waals surface area contributed by atoms with Crippen LogP contribution in [0.5, 0.6) is 0 Å². The monoisotopic (exact) mass is 775 g/mol. The smallest absolute Gasteiger partial charge is 0.320 e. The molecule has 13 rings (SSSR count). The van der Waals surface area contributed by atoms with Crippen molar-refractivity contribution in [3.05, 3.63) is 229 Å². The van der Waals surface area contributed by atoms with Gasteiger partial charge in [0.05, 0.1) is 5.41 Å². The summed E-state index contributed by atoms with van der Waals surface area (Å²) in [5.74, 6) is 4.21. The van der Waals surface area contributed by atoms with Gasteiger partial charge < -0.3 is 4.81 Å². The van der Waals surface area contributed by atoms with E-state index < -0.39 is 5.41 Å². The van der Waals surface area contributed by atoms with Crippen LogP contribution in [0.4, 0.5) is 5.69 Å². The second-order valence-corrected chi connectivity index (χ2v) is 16.2. The van der Waals surface area contributed by atoms with Crippen LogP contribution in [0.2, 0.25) is 0 Å². The zero-order valence-corrected chi connectivity index (χ0v) is 32.9. The molecule has 2 aliphatic heterocycles. The standard InChI is InChI=1S/C55H34BN5/c1-2-13-36(14-3-1)52-58-53(38-16-12-15-37(31-38)35-25-28-57-29-26-35)60-54(59-52)39-23-24-43-45-33-49-44(34-50(45)56-27-10-11-30-61(56)51(43)32-39)42-19-6-9-22-48(42)55(49)46-20-7-4-17-40(46)41-18-5-8-21-47(41)55/h1-34H. The van der Waals surface area contributed by atoms with Gasteiger partial charge in [0.25, 0.3) is 0 Å². The Morgan fingerprint density at radius 3 is 1.69 bits per heavy atom. The third-order valence-corrected chi connectivity index (χ3v) is 13.1. The fourth-order valence-corrected chi connectivity index (χ4v) is 10.5. The van der Waals surface area contributed by atoms with Crippen LogP contribution in [0.3, 0.4) is 0 Å². The van der Waals surface area contributed by atoms with E-state index in [9.17, 15) is 0 Å². The molecule has 9 aromatic rings. The first-order valence-electron chi connectivity index (χ1n) is 20.8. The number of hydrogen-bond donors (Lipinski definition) is 0. The van der Waals surface area contributed by atoms with E-state index in [0.717, 1.165) is 33.5 Å². The number of benzene rings is 7. The fourth-order valence-electron chi connectivity index (χ4n) is 10.5. The Hall–Kier alpha value is -7.96. The van der Waals surface area contributed by atoms with Gasteiger partial charge in [-0.15, -0.1) is 0 Å². The molecule has 7 aromatic carbocycles. The highest BCUT2D eigenvalue weighted by molar-refractivity contribution is 6.84. The second-order valence-electron chi connectivity index (χ2n) is 16.2. The lowest BCUT2D eigenvalue weighted by Gasteiger charge is -2.37. The molecule has 0 bridgehead atoms. The van der Waals surface area contributed by atoms with E-state index in [-0.39, 0.29) is 6.85 Å². The molecule has 2 aliphatic carbocycles. The summed E-state index contributed by atoms with van der Waals surface area (Å²) in [6, 6.07) is 61.5. The number of aromatic nitrogens is 4. The number of anilines is 1. The maximum Gasteiger partial charge on any atom is 0.320 e. The minimum atomic E-state index is -0.419. The third kappa shape index (κ3) is 4.90. The van der Waals surface area contributed by atoms with Gasteiger partial charge in [-0.05, 0) is 109 Å². The molecule has 0 atom stereocenters. The topological polar surface area (TPSA) is 54.8 Å². The summed E-state index contributed by atoms with van der Waals surface area (Å²) in [5.41, 5.74) is 20.0. The minimum Gasteiger partial charge on any atom is -0.383 e. The largest absolute Gasteiger partial charge is 0.383 e. The van der Waals surface area contributed by atoms with E-state index in [2.05, 4.69) is 174 Å². The number of nitrogens with zero attached hydrogens (tertiary/aromatic N) is 5. The Morgan fingerprint density at radius 1 is 0.393 bits per heavy atom. The van der Waals surface area contributed by atoms with Crippen LogP contribution in [0, 0.1) is 0 Å². The molecule has 6 heteroatoms. The van der Waals surface area contributed by atoms with Crippen molar-refractivity contribution in [1.29, 1.82) is 0 Å². The molecule has 0 fully saturated rings. The molecule has 0 saturated heterocycles. The Kier molecular flexibility index (Phi) is 7.25. The molecule has 1 spiro atoms. The highest BCUT2D eigenvalue weighted by atomic mass is 15.1. The van der Waals surface area contributed by atoms with Crippen LogP contribution in [0.25, 0.3) is 78.7 Å². The summed E-state index contributed by atoms with van der Waals surface area (Å²) >= 11 is 0. The molecule has 0 N–H and O–H groups in total. The van der Waals surface area contributed by atoms with E-state index in [1.54, 1.807) is 0 Å². The van der Waals surface area contributed by atoms with Gasteiger partial charge in [-0.2, -0.15) is 0 Å². The van der Waals surface area contributed by atoms with Gasteiger partial charge in [0, 0.05) is 40.3 Å². The summed E-state index contributed by atoms with van der Waals surface area (Å²) in [6.45, 7) is 0.0182. The molecular weight excluding hydrogens is 741 g/mol. The predicted molar refractivity (Wildman–Crippen MR) is 247 cm³/mol. The van der Waals surface area contributed by atoms with Crippen LogP contribution in [0.1, 0.15) is 22.3 Å². The molecular formula is C55H34BN5. The van der Waals surface area contributed by atoms with Crippen molar-refractivity contribution in [2.75, 3.05) is 4.81 Å². The van der Waals surface area contributed by atoms with Crippen molar-refractivity contribution in [1.82, 2.24) is 19.9 Å². The maximum atomic E-state index is 5.21. The summed E-state index contributed by atoms with van der Waals surface area (Å²) < 4.78 is 0. The van der Waals surface area contributed by atoms with Crippen LogP contribution in [-0.4, -0.2) is 26.8 Å². The van der Waals surface area contributed by atoms with Crippen molar-refractivity contribution < 1.29 is 0 Å². The molecule has 282 valence electrons. The number of allylic oxidation sites excluding steroid dienone is 2. The van der Waals surface area contributed by atoms with Crippen molar-refractivity contribution in [3.63, 3.8) is 0 Å². The first-order valence-corrected chi connectivity index (χ1v) is 20.8. The molecule has 0 unspecified atom stereocenters. The molecule has 4 aliphatic rings. The first-order chi connectivity index (χ1) is 30.2. The van der Waals surface area contributed by atoms with E-state index in [4.69, 9.17) is 15.0 Å². The number of rotatable bonds is 4. The van der Waals surface area contributed by atoms with Crippen molar-refractivity contribution >= 4 is 18.0 Å². The zero-order chi connectivity index (χ0) is 40.1. The number of fused-ring (bicyclic) bond motifs is 16. The van der Waals surface area contributed by atoms with Crippen molar-refractivity contribution in [2.45, 2.75) is 5.41 Å². The minimum absolute atomic E-state index is 0.0182. The van der Waals surface area contributed by atoms with Crippen molar-refractivity contribution in [3.8, 4) is 78.7 Å². The molecule has 5 nitrogen and oxygen atoms in total. The van der Waals surface area contributed by atoms with E-state index in [1.807, 2.05) is 42.7 Å². The van der Waals surface area contributed by atoms with Gasteiger partial charge >= 0.3 is 6.85 Å². The Balaban J connectivity index is 1.01. The molecule has 0 radical (unpaired) electrons. The zero-order valence-electron chi connectivity index (χ0n) is 32.9. The number of pyridine rings is 1. The highest BCUT2D eigenvalue weighted by Gasteiger charge is 2.52. The van der Waals surface area contributed by atoms with Gasteiger partial charge in [-0.1, -0.05) is 152 Å². The van der Waals surface area contributed by atoms with Crippen molar-refractivity contribution in [2.24, 2.45) is 0 Å². The highest BCUT2D eigenvalue weighted by Crippen LogP contribution is 2.63. The van der Waals surface area contributed by atoms with Crippen LogP contribution in [0.15, 0.2) is 207 Å². The van der Waals surface area contributed by atoms with Gasteiger partial charge in [0.2, 0.25) is 0 Å². The molecule has 0 amide bonds. The average molecular weight is 776 g/mol. The lowest BCUT2D eigenvalue weighted by atomic mass is 9.49.